The van der Waals surface area contributed by atoms with E-state index >= 15 is 0 Å². The molecule has 0 radical (unpaired) electrons. The first-order valence-electron chi connectivity index (χ1n) is 9.23. The number of carbonyl (C=O) groups excluding carboxylic acids is 2. The van der Waals surface area contributed by atoms with Gasteiger partial charge in [-0.05, 0) is 37.2 Å². The number of nitrogens with one attached hydrogen (secondary N) is 1. The van der Waals surface area contributed by atoms with E-state index in [1.165, 1.54) is 19.1 Å². The van der Waals surface area contributed by atoms with Gasteiger partial charge in [-0.3, -0.25) is 14.6 Å². The smallest absolute Gasteiger partial charge is 0.290 e. The van der Waals surface area contributed by atoms with E-state index in [4.69, 9.17) is 5.11 Å². The maximum atomic E-state index is 12.3. The number of nitrogens with zero attached hydrogens (tertiary/aromatic N) is 4. The number of fused-ring (bicyclic) bond motifs is 1. The molecule has 8 nitrogen and oxygen atoms in total. The fourth-order valence-corrected chi connectivity index (χ4v) is 3.94. The molecular formula is C19H21N5O3. The van der Waals surface area contributed by atoms with E-state index in [-0.39, 0.29) is 24.6 Å². The fourth-order valence-electron chi connectivity index (χ4n) is 3.94. The van der Waals surface area contributed by atoms with E-state index in [0.29, 0.717) is 22.4 Å². The number of aliphatic hydroxyl groups excluding tert-OH is 1. The number of nitriles is 1. The summed E-state index contributed by atoms with van der Waals surface area (Å²) in [6.45, 7) is 1.57. The number of amides is 2. The molecule has 1 aliphatic carbocycles. The number of allylic oxidation sites excluding steroid dienone is 1. The molecule has 140 valence electrons. The van der Waals surface area contributed by atoms with Crippen LogP contribution < -0.4 is 5.32 Å². The van der Waals surface area contributed by atoms with Gasteiger partial charge in [0.25, 0.3) is 5.91 Å². The van der Waals surface area contributed by atoms with Crippen LogP contribution in [0.1, 0.15) is 25.7 Å². The van der Waals surface area contributed by atoms with Gasteiger partial charge in [0.1, 0.15) is 17.7 Å². The molecule has 27 heavy (non-hydrogen) atoms. The van der Waals surface area contributed by atoms with E-state index in [9.17, 15) is 14.9 Å². The van der Waals surface area contributed by atoms with Crippen molar-refractivity contribution in [2.75, 3.05) is 26.2 Å². The number of carbonyl (C=O) groups is 2. The standard InChI is InChI=1S/C19H21N5O3/c20-10-13-16(24-6-3-19(1-2-19)4-7-24)12-9-14(18(27)21-5-8-25)22-11-15(12)23-17(13)26/h9,11,14,25H,1-8H2,(H,21,27). The van der Waals surface area contributed by atoms with E-state index in [1.807, 2.05) is 6.07 Å². The molecule has 8 heteroatoms. The highest BCUT2D eigenvalue weighted by Crippen LogP contribution is 2.54. The first-order chi connectivity index (χ1) is 13.1. The van der Waals surface area contributed by atoms with Crippen molar-refractivity contribution in [3.05, 3.63) is 22.9 Å². The zero-order valence-corrected chi connectivity index (χ0v) is 14.9. The summed E-state index contributed by atoms with van der Waals surface area (Å²) in [6.07, 6.45) is 7.72. The Balaban J connectivity index is 1.65. The summed E-state index contributed by atoms with van der Waals surface area (Å²) < 4.78 is 0. The number of piperidine rings is 1. The molecule has 1 spiro atoms. The second-order valence-corrected chi connectivity index (χ2v) is 7.44. The lowest BCUT2D eigenvalue weighted by atomic mass is 9.89. The Kier molecular flexibility index (Phi) is 4.40. The van der Waals surface area contributed by atoms with Gasteiger partial charge in [0.05, 0.1) is 18.0 Å². The van der Waals surface area contributed by atoms with Crippen molar-refractivity contribution >= 4 is 23.7 Å². The van der Waals surface area contributed by atoms with Gasteiger partial charge >= 0.3 is 0 Å². The second-order valence-electron chi connectivity index (χ2n) is 7.44. The van der Waals surface area contributed by atoms with Crippen molar-refractivity contribution in [2.24, 2.45) is 15.4 Å². The lowest BCUT2D eigenvalue weighted by molar-refractivity contribution is -0.121. The van der Waals surface area contributed by atoms with Crippen molar-refractivity contribution < 1.29 is 14.7 Å². The van der Waals surface area contributed by atoms with E-state index in [0.717, 1.165) is 25.9 Å². The number of likely N-dealkylation sites (tertiary alicyclic amines) is 1. The summed E-state index contributed by atoms with van der Waals surface area (Å²) >= 11 is 0. The van der Waals surface area contributed by atoms with E-state index < -0.39 is 11.9 Å². The van der Waals surface area contributed by atoms with Gasteiger partial charge in [0.2, 0.25) is 5.91 Å². The molecule has 4 rings (SSSR count). The van der Waals surface area contributed by atoms with Gasteiger partial charge < -0.3 is 15.3 Å². The van der Waals surface area contributed by atoms with Crippen molar-refractivity contribution in [2.45, 2.75) is 31.7 Å². The molecular weight excluding hydrogens is 346 g/mol. The molecule has 2 fully saturated rings. The first kappa shape index (κ1) is 17.6. The number of aliphatic imine (C=N–C) groups is 2. The predicted molar refractivity (Wildman–Crippen MR) is 98.0 cm³/mol. The quantitative estimate of drug-likeness (QED) is 0.731. The molecule has 1 atom stereocenters. The minimum Gasteiger partial charge on any atom is -0.395 e. The Morgan fingerprint density at radius 2 is 2.11 bits per heavy atom. The third-order valence-electron chi connectivity index (χ3n) is 5.77. The summed E-state index contributed by atoms with van der Waals surface area (Å²) in [7, 11) is 0. The van der Waals surface area contributed by atoms with Gasteiger partial charge in [0, 0.05) is 31.4 Å². The minimum absolute atomic E-state index is 0.0292. The molecule has 0 aromatic rings. The van der Waals surface area contributed by atoms with Crippen LogP contribution in [0.15, 0.2) is 32.9 Å². The lowest BCUT2D eigenvalue weighted by Crippen LogP contribution is -2.41. The molecule has 4 aliphatic rings. The molecule has 3 heterocycles. The number of dihydropyridines is 2. The average Bonchev–Trinajstić information content (AvgIpc) is 3.44. The Labute approximate surface area is 157 Å². The molecule has 2 amide bonds. The highest BCUT2D eigenvalue weighted by Gasteiger charge is 2.46. The molecule has 0 aromatic heterocycles. The molecule has 1 saturated heterocycles. The van der Waals surface area contributed by atoms with Crippen LogP contribution in [0.4, 0.5) is 0 Å². The van der Waals surface area contributed by atoms with Gasteiger partial charge in [-0.15, -0.1) is 0 Å². The summed E-state index contributed by atoms with van der Waals surface area (Å²) in [6, 6.07) is 1.24. The average molecular weight is 367 g/mol. The van der Waals surface area contributed by atoms with Gasteiger partial charge in [-0.1, -0.05) is 0 Å². The van der Waals surface area contributed by atoms with Gasteiger partial charge in [-0.25, -0.2) is 4.99 Å². The zero-order valence-electron chi connectivity index (χ0n) is 14.9. The number of aliphatic hydroxyl groups is 1. The van der Waals surface area contributed by atoms with Crippen molar-refractivity contribution in [1.29, 1.82) is 5.26 Å². The van der Waals surface area contributed by atoms with Crippen molar-refractivity contribution in [3.8, 4) is 6.07 Å². The predicted octanol–water partition coefficient (Wildman–Crippen LogP) is 0.109. The maximum Gasteiger partial charge on any atom is 0.290 e. The van der Waals surface area contributed by atoms with Crippen LogP contribution in [0.2, 0.25) is 0 Å². The van der Waals surface area contributed by atoms with Crippen LogP contribution in [0.3, 0.4) is 0 Å². The second kappa shape index (κ2) is 6.74. The Hall–Kier alpha value is -2.79. The summed E-state index contributed by atoms with van der Waals surface area (Å²) in [5.74, 6) is -0.891. The maximum absolute atomic E-state index is 12.3. The molecule has 1 saturated carbocycles. The number of rotatable bonds is 4. The van der Waals surface area contributed by atoms with Crippen LogP contribution in [0, 0.1) is 16.7 Å². The normalized spacial score (nSPS) is 25.6. The summed E-state index contributed by atoms with van der Waals surface area (Å²) in [5, 5.41) is 21.0. The van der Waals surface area contributed by atoms with Crippen molar-refractivity contribution in [3.63, 3.8) is 0 Å². The molecule has 3 aliphatic heterocycles. The summed E-state index contributed by atoms with van der Waals surface area (Å²) in [5.41, 5.74) is 2.09. The lowest BCUT2D eigenvalue weighted by Gasteiger charge is -2.38. The Morgan fingerprint density at radius 1 is 1.37 bits per heavy atom. The number of hydrogen-bond acceptors (Lipinski definition) is 6. The number of hydrogen-bond donors (Lipinski definition) is 2. The SMILES string of the molecule is N#CC1=C(N2CCC3(CC2)CC3)C2=CC(C(=O)NCCO)N=CC2=NC1=O. The molecule has 1 unspecified atom stereocenters. The van der Waals surface area contributed by atoms with Crippen LogP contribution in [0.5, 0.6) is 0 Å². The van der Waals surface area contributed by atoms with Crippen LogP contribution >= 0.6 is 0 Å². The fraction of sp³-hybridized carbons (Fsp3) is 0.526. The third-order valence-corrected chi connectivity index (χ3v) is 5.77. The first-order valence-corrected chi connectivity index (χ1v) is 9.23. The molecule has 0 aromatic carbocycles. The van der Waals surface area contributed by atoms with Crippen LogP contribution in [0.25, 0.3) is 0 Å². The van der Waals surface area contributed by atoms with Gasteiger partial charge in [0.15, 0.2) is 0 Å². The topological polar surface area (TPSA) is 118 Å². The highest BCUT2D eigenvalue weighted by atomic mass is 16.3. The minimum atomic E-state index is -0.770. The third kappa shape index (κ3) is 3.19. The largest absolute Gasteiger partial charge is 0.395 e. The van der Waals surface area contributed by atoms with Crippen molar-refractivity contribution in [1.82, 2.24) is 10.2 Å². The van der Waals surface area contributed by atoms with Gasteiger partial charge in [-0.2, -0.15) is 5.26 Å². The monoisotopic (exact) mass is 367 g/mol. The molecule has 0 bridgehead atoms. The van der Waals surface area contributed by atoms with Crippen LogP contribution in [-0.4, -0.2) is 66.0 Å². The summed E-state index contributed by atoms with van der Waals surface area (Å²) in [4.78, 5) is 34.8. The van der Waals surface area contributed by atoms with E-state index in [1.54, 1.807) is 6.08 Å². The van der Waals surface area contributed by atoms with E-state index in [2.05, 4.69) is 20.2 Å². The highest BCUT2D eigenvalue weighted by molar-refractivity contribution is 6.44. The Bertz CT molecular complexity index is 847. The Morgan fingerprint density at radius 3 is 2.74 bits per heavy atom. The van der Waals surface area contributed by atoms with Crippen LogP contribution in [-0.2, 0) is 9.59 Å². The zero-order chi connectivity index (χ0) is 19.0. The molecule has 2 N–H and O–H groups in total.